The second-order valence-electron chi connectivity index (χ2n) is 4.67. The molecule has 112 valence electrons. The topological polar surface area (TPSA) is 50.3 Å². The zero-order valence-electron chi connectivity index (χ0n) is 13.1. The van der Waals surface area contributed by atoms with Gasteiger partial charge in [-0.2, -0.15) is 0 Å². The number of methoxy groups -OCH3 is 1. The molecule has 0 saturated carbocycles. The molecule has 2 rings (SSSR count). The quantitative estimate of drug-likeness (QED) is 0.883. The molecule has 5 nitrogen and oxygen atoms in total. The summed E-state index contributed by atoms with van der Waals surface area (Å²) in [7, 11) is 3.68. The van der Waals surface area contributed by atoms with E-state index in [1.54, 1.807) is 13.4 Å². The Kier molecular flexibility index (Phi) is 4.98. The van der Waals surface area contributed by atoms with Crippen LogP contribution in [0.4, 0.5) is 17.3 Å². The lowest BCUT2D eigenvalue weighted by Gasteiger charge is -2.22. The molecule has 0 unspecified atom stereocenters. The number of hydrogen-bond acceptors (Lipinski definition) is 5. The molecule has 0 spiro atoms. The highest BCUT2D eigenvalue weighted by atomic mass is 16.5. The Labute approximate surface area is 126 Å². The van der Waals surface area contributed by atoms with Gasteiger partial charge >= 0.3 is 0 Å². The van der Waals surface area contributed by atoms with Crippen LogP contribution in [0.5, 0.6) is 5.75 Å². The molecule has 0 aliphatic carbocycles. The molecule has 0 fully saturated rings. The lowest BCUT2D eigenvalue weighted by molar-refractivity contribution is 0.415. The maximum absolute atomic E-state index is 5.29. The summed E-state index contributed by atoms with van der Waals surface area (Å²) in [5, 5.41) is 3.29. The van der Waals surface area contributed by atoms with E-state index in [1.807, 2.05) is 31.3 Å². The fourth-order valence-corrected chi connectivity index (χ4v) is 2.28. The summed E-state index contributed by atoms with van der Waals surface area (Å²) in [6, 6.07) is 7.94. The Morgan fingerprint density at radius 2 is 2.05 bits per heavy atom. The molecule has 0 saturated heterocycles. The molecule has 1 heterocycles. The monoisotopic (exact) mass is 286 g/mol. The van der Waals surface area contributed by atoms with Crippen molar-refractivity contribution >= 4 is 17.3 Å². The molecule has 0 amide bonds. The van der Waals surface area contributed by atoms with Crippen LogP contribution in [0.25, 0.3) is 0 Å². The Hall–Kier alpha value is -2.30. The fraction of sp³-hybridized carbons (Fsp3) is 0.375. The third-order valence-corrected chi connectivity index (χ3v) is 3.38. The van der Waals surface area contributed by atoms with Crippen LogP contribution in [-0.2, 0) is 6.42 Å². The van der Waals surface area contributed by atoms with Gasteiger partial charge in [0.25, 0.3) is 0 Å². The van der Waals surface area contributed by atoms with Crippen LogP contribution < -0.4 is 15.0 Å². The summed E-state index contributed by atoms with van der Waals surface area (Å²) >= 11 is 0. The average molecular weight is 286 g/mol. The van der Waals surface area contributed by atoms with E-state index >= 15 is 0 Å². The first-order valence-electron chi connectivity index (χ1n) is 7.16. The number of nitrogens with one attached hydrogen (secondary N) is 1. The molecule has 21 heavy (non-hydrogen) atoms. The van der Waals surface area contributed by atoms with Crippen LogP contribution in [0.15, 0.2) is 30.6 Å². The van der Waals surface area contributed by atoms with E-state index in [9.17, 15) is 0 Å². The van der Waals surface area contributed by atoms with Crippen molar-refractivity contribution in [2.24, 2.45) is 0 Å². The number of benzene rings is 1. The first kappa shape index (κ1) is 15.1. The molecule has 1 aromatic heterocycles. The van der Waals surface area contributed by atoms with E-state index in [0.717, 1.165) is 41.6 Å². The molecule has 0 aliphatic heterocycles. The highest BCUT2D eigenvalue weighted by Gasteiger charge is 2.14. The van der Waals surface area contributed by atoms with Crippen molar-refractivity contribution in [3.63, 3.8) is 0 Å². The first-order chi connectivity index (χ1) is 10.2. The molecule has 5 heteroatoms. The lowest BCUT2D eigenvalue weighted by Crippen LogP contribution is -2.16. The van der Waals surface area contributed by atoms with Crippen molar-refractivity contribution in [1.29, 1.82) is 0 Å². The van der Waals surface area contributed by atoms with Gasteiger partial charge in [-0.25, -0.2) is 9.97 Å². The largest absolute Gasteiger partial charge is 0.497 e. The minimum Gasteiger partial charge on any atom is -0.497 e. The Morgan fingerprint density at radius 1 is 1.24 bits per heavy atom. The zero-order valence-corrected chi connectivity index (χ0v) is 13.1. The van der Waals surface area contributed by atoms with Gasteiger partial charge in [-0.1, -0.05) is 13.0 Å². The maximum atomic E-state index is 5.29. The van der Waals surface area contributed by atoms with Gasteiger partial charge in [0.1, 0.15) is 23.7 Å². The average Bonchev–Trinajstić information content (AvgIpc) is 2.54. The van der Waals surface area contributed by atoms with Gasteiger partial charge in [0.05, 0.1) is 7.11 Å². The molecule has 1 aromatic carbocycles. The minimum atomic E-state index is 0.832. The second kappa shape index (κ2) is 6.92. The highest BCUT2D eigenvalue weighted by Crippen LogP contribution is 2.30. The van der Waals surface area contributed by atoms with E-state index in [4.69, 9.17) is 4.74 Å². The predicted molar refractivity (Wildman–Crippen MR) is 86.6 cm³/mol. The van der Waals surface area contributed by atoms with Crippen molar-refractivity contribution in [3.8, 4) is 5.75 Å². The van der Waals surface area contributed by atoms with E-state index in [2.05, 4.69) is 34.0 Å². The van der Waals surface area contributed by atoms with Gasteiger partial charge in [0.15, 0.2) is 0 Å². The van der Waals surface area contributed by atoms with Gasteiger partial charge in [0, 0.05) is 30.9 Å². The molecule has 1 N–H and O–H groups in total. The Balaban J connectivity index is 2.42. The van der Waals surface area contributed by atoms with Gasteiger partial charge in [0.2, 0.25) is 0 Å². The molecule has 0 aliphatic rings. The predicted octanol–water partition coefficient (Wildman–Crippen LogP) is 3.25. The van der Waals surface area contributed by atoms with Gasteiger partial charge in [-0.05, 0) is 25.5 Å². The van der Waals surface area contributed by atoms with Gasteiger partial charge in [-0.15, -0.1) is 0 Å². The molecule has 2 aromatic rings. The molecule has 0 bridgehead atoms. The van der Waals surface area contributed by atoms with E-state index in [-0.39, 0.29) is 0 Å². The number of anilines is 3. The van der Waals surface area contributed by atoms with Crippen molar-refractivity contribution in [3.05, 3.63) is 36.2 Å². The van der Waals surface area contributed by atoms with E-state index in [0.29, 0.717) is 0 Å². The normalized spacial score (nSPS) is 10.3. The molecule has 0 atom stereocenters. The van der Waals surface area contributed by atoms with Crippen LogP contribution >= 0.6 is 0 Å². The zero-order chi connectivity index (χ0) is 15.2. The number of nitrogens with zero attached hydrogens (tertiary/aromatic N) is 3. The molecule has 0 radical (unpaired) electrons. The first-order valence-corrected chi connectivity index (χ1v) is 7.16. The minimum absolute atomic E-state index is 0.832. The van der Waals surface area contributed by atoms with Crippen LogP contribution in [0, 0.1) is 0 Å². The van der Waals surface area contributed by atoms with E-state index < -0.39 is 0 Å². The van der Waals surface area contributed by atoms with Crippen LogP contribution in [0.1, 0.15) is 19.4 Å². The SMILES string of the molecule is CCNc1ncnc(N(C)c2cccc(OC)c2)c1CC. The standard InChI is InChI=1S/C16H22N4O/c1-5-14-15(17-6-2)18-11-19-16(14)20(3)12-8-7-9-13(10-12)21-4/h7-11H,5-6H2,1-4H3,(H,17,18,19). The smallest absolute Gasteiger partial charge is 0.141 e. The van der Waals surface area contributed by atoms with Gasteiger partial charge in [-0.3, -0.25) is 0 Å². The number of aromatic nitrogens is 2. The third-order valence-electron chi connectivity index (χ3n) is 3.38. The van der Waals surface area contributed by atoms with E-state index in [1.165, 1.54) is 0 Å². The van der Waals surface area contributed by atoms with Crippen LogP contribution in [0.2, 0.25) is 0 Å². The summed E-state index contributed by atoms with van der Waals surface area (Å²) in [4.78, 5) is 10.9. The Morgan fingerprint density at radius 3 is 2.71 bits per heavy atom. The van der Waals surface area contributed by atoms with Gasteiger partial charge < -0.3 is 15.0 Å². The number of ether oxygens (including phenoxy) is 1. The van der Waals surface area contributed by atoms with Crippen LogP contribution in [0.3, 0.4) is 0 Å². The summed E-state index contributed by atoms with van der Waals surface area (Å²) in [6.07, 6.45) is 2.47. The summed E-state index contributed by atoms with van der Waals surface area (Å²) in [6.45, 7) is 5.02. The maximum Gasteiger partial charge on any atom is 0.141 e. The number of rotatable bonds is 6. The summed E-state index contributed by atoms with van der Waals surface area (Å²) in [5.74, 6) is 2.65. The third kappa shape index (κ3) is 3.24. The van der Waals surface area contributed by atoms with Crippen molar-refractivity contribution in [2.45, 2.75) is 20.3 Å². The van der Waals surface area contributed by atoms with Crippen LogP contribution in [-0.4, -0.2) is 30.7 Å². The summed E-state index contributed by atoms with van der Waals surface area (Å²) < 4.78 is 5.29. The second-order valence-corrected chi connectivity index (χ2v) is 4.67. The lowest BCUT2D eigenvalue weighted by atomic mass is 10.2. The van der Waals surface area contributed by atoms with Crippen molar-refractivity contribution in [2.75, 3.05) is 30.9 Å². The molecular formula is C16H22N4O. The summed E-state index contributed by atoms with van der Waals surface area (Å²) in [5.41, 5.74) is 2.15. The Bertz CT molecular complexity index is 601. The van der Waals surface area contributed by atoms with Crippen molar-refractivity contribution < 1.29 is 4.74 Å². The fourth-order valence-electron chi connectivity index (χ4n) is 2.28. The molecular weight excluding hydrogens is 264 g/mol. The van der Waals surface area contributed by atoms with Crippen molar-refractivity contribution in [1.82, 2.24) is 9.97 Å². The number of hydrogen-bond donors (Lipinski definition) is 1. The highest BCUT2D eigenvalue weighted by molar-refractivity contribution is 5.67.